The summed E-state index contributed by atoms with van der Waals surface area (Å²) in [6, 6.07) is 12.9. The first-order valence-corrected chi connectivity index (χ1v) is 10.5. The number of hydrogen-bond donors (Lipinski definition) is 0. The number of allylic oxidation sites excluding steroid dienone is 2. The maximum Gasteiger partial charge on any atom is 0.340 e. The van der Waals surface area contributed by atoms with E-state index in [-0.39, 0.29) is 52.5 Å². The molecule has 1 aliphatic heterocycles. The number of anilines is 1. The molecule has 2 aromatic rings. The van der Waals surface area contributed by atoms with E-state index in [9.17, 15) is 19.2 Å². The molecule has 1 heterocycles. The summed E-state index contributed by atoms with van der Waals surface area (Å²) < 4.78 is 10.4. The second kappa shape index (κ2) is 7.75. The number of rotatable bonds is 6. The van der Waals surface area contributed by atoms with Crippen LogP contribution in [0.15, 0.2) is 60.7 Å². The van der Waals surface area contributed by atoms with Gasteiger partial charge in [-0.2, -0.15) is 0 Å². The van der Waals surface area contributed by atoms with Gasteiger partial charge in [-0.1, -0.05) is 36.4 Å². The van der Waals surface area contributed by atoms with Crippen molar-refractivity contribution in [2.45, 2.75) is 6.42 Å². The van der Waals surface area contributed by atoms with Gasteiger partial charge in [0.25, 0.3) is 0 Å². The number of fused-ring (bicyclic) bond motifs is 5. The smallest absolute Gasteiger partial charge is 0.340 e. The standard InChI is InChI=1S/C25H21NO6/c1-31-17-6-4-5-14(12-17)20(27)13-32-25(30)18-7-2-3-8-19(18)26-23(28)21-15-9-10-16(11-15)22(21)24(26)29/h2-10,12,15-16,21-22H,11,13H2,1H3. The van der Waals surface area contributed by atoms with Crippen LogP contribution in [-0.2, 0) is 14.3 Å². The number of carbonyl (C=O) groups excluding carboxylic acids is 4. The van der Waals surface area contributed by atoms with Crippen LogP contribution >= 0.6 is 0 Å². The molecule has 7 nitrogen and oxygen atoms in total. The predicted octanol–water partition coefficient (Wildman–Crippen LogP) is 3.05. The highest BCUT2D eigenvalue weighted by molar-refractivity contribution is 6.24. The summed E-state index contributed by atoms with van der Waals surface area (Å²) in [5.41, 5.74) is 0.634. The molecule has 1 saturated carbocycles. The molecular formula is C25H21NO6. The first-order valence-electron chi connectivity index (χ1n) is 10.5. The van der Waals surface area contributed by atoms with E-state index in [1.807, 2.05) is 12.2 Å². The van der Waals surface area contributed by atoms with Crippen molar-refractivity contribution < 1.29 is 28.7 Å². The third kappa shape index (κ3) is 3.12. The van der Waals surface area contributed by atoms with Crippen LogP contribution in [0.4, 0.5) is 5.69 Å². The van der Waals surface area contributed by atoms with Gasteiger partial charge in [-0.15, -0.1) is 0 Å². The van der Waals surface area contributed by atoms with Crippen LogP contribution in [0.3, 0.4) is 0 Å². The van der Waals surface area contributed by atoms with E-state index in [0.717, 1.165) is 11.3 Å². The number of ether oxygens (including phenoxy) is 2. The number of imide groups is 1. The Hall–Kier alpha value is -3.74. The Labute approximate surface area is 184 Å². The van der Waals surface area contributed by atoms with E-state index in [4.69, 9.17) is 9.47 Å². The summed E-state index contributed by atoms with van der Waals surface area (Å²) in [7, 11) is 1.50. The minimum absolute atomic E-state index is 0.0750. The Bertz CT molecular complexity index is 1140. The summed E-state index contributed by atoms with van der Waals surface area (Å²) in [6.07, 6.45) is 4.87. The number of ketones is 1. The van der Waals surface area contributed by atoms with E-state index >= 15 is 0 Å². The zero-order valence-electron chi connectivity index (χ0n) is 17.4. The van der Waals surface area contributed by atoms with Gasteiger partial charge in [-0.3, -0.25) is 14.4 Å². The van der Waals surface area contributed by atoms with Crippen molar-refractivity contribution in [2.24, 2.45) is 23.7 Å². The van der Waals surface area contributed by atoms with Gasteiger partial charge < -0.3 is 9.47 Å². The number of para-hydroxylation sites is 1. The quantitative estimate of drug-likeness (QED) is 0.302. The Kier molecular flexibility index (Phi) is 4.89. The molecule has 0 radical (unpaired) electrons. The van der Waals surface area contributed by atoms with Crippen molar-refractivity contribution in [1.82, 2.24) is 0 Å². The SMILES string of the molecule is COc1cccc(C(=O)COC(=O)c2ccccc2N2C(=O)C3C4C=CC(C4)C3C2=O)c1. The lowest BCUT2D eigenvalue weighted by Crippen LogP contribution is -2.34. The van der Waals surface area contributed by atoms with Gasteiger partial charge in [0.15, 0.2) is 12.4 Å². The van der Waals surface area contributed by atoms with Crippen molar-refractivity contribution in [3.63, 3.8) is 0 Å². The molecule has 2 aromatic carbocycles. The molecule has 7 heteroatoms. The van der Waals surface area contributed by atoms with Gasteiger partial charge in [0.1, 0.15) is 5.75 Å². The first kappa shape index (κ1) is 20.2. The highest BCUT2D eigenvalue weighted by Crippen LogP contribution is 2.53. The normalized spacial score (nSPS) is 25.2. The Morgan fingerprint density at radius 3 is 2.34 bits per heavy atom. The number of carbonyl (C=O) groups is 4. The zero-order valence-corrected chi connectivity index (χ0v) is 17.4. The van der Waals surface area contributed by atoms with Crippen LogP contribution in [0.5, 0.6) is 5.75 Å². The van der Waals surface area contributed by atoms with Gasteiger partial charge >= 0.3 is 5.97 Å². The minimum Gasteiger partial charge on any atom is -0.497 e. The number of hydrogen-bond acceptors (Lipinski definition) is 6. The summed E-state index contributed by atoms with van der Waals surface area (Å²) in [5.74, 6) is -1.76. The molecule has 0 aromatic heterocycles. The number of nitrogens with zero attached hydrogens (tertiary/aromatic N) is 1. The third-order valence-corrected chi connectivity index (χ3v) is 6.56. The van der Waals surface area contributed by atoms with E-state index in [0.29, 0.717) is 11.3 Å². The molecule has 3 aliphatic rings. The maximum atomic E-state index is 13.1. The molecule has 162 valence electrons. The molecule has 4 atom stereocenters. The fraction of sp³-hybridized carbons (Fsp3) is 0.280. The van der Waals surface area contributed by atoms with Gasteiger partial charge in [-0.05, 0) is 42.5 Å². The Balaban J connectivity index is 1.35. The lowest BCUT2D eigenvalue weighted by Gasteiger charge is -2.20. The summed E-state index contributed by atoms with van der Waals surface area (Å²) in [4.78, 5) is 52.6. The van der Waals surface area contributed by atoms with Crippen molar-refractivity contribution >= 4 is 29.3 Å². The third-order valence-electron chi connectivity index (χ3n) is 6.56. The second-order valence-corrected chi connectivity index (χ2v) is 8.26. The molecule has 0 spiro atoms. The molecule has 32 heavy (non-hydrogen) atoms. The highest BCUT2D eigenvalue weighted by Gasteiger charge is 2.59. The van der Waals surface area contributed by atoms with Gasteiger partial charge in [0.05, 0.1) is 30.2 Å². The maximum absolute atomic E-state index is 13.1. The number of Topliss-reactive ketones (excluding diaryl/α,β-unsaturated/α-hetero) is 1. The monoisotopic (exact) mass is 431 g/mol. The molecule has 2 amide bonds. The summed E-state index contributed by atoms with van der Waals surface area (Å²) >= 11 is 0. The predicted molar refractivity (Wildman–Crippen MR) is 114 cm³/mol. The van der Waals surface area contributed by atoms with Crippen molar-refractivity contribution in [2.75, 3.05) is 18.6 Å². The summed E-state index contributed by atoms with van der Waals surface area (Å²) in [5, 5.41) is 0. The number of esters is 1. The molecule has 1 saturated heterocycles. The van der Waals surface area contributed by atoms with E-state index in [2.05, 4.69) is 0 Å². The number of benzene rings is 2. The fourth-order valence-electron chi connectivity index (χ4n) is 5.07. The van der Waals surface area contributed by atoms with Crippen LogP contribution in [-0.4, -0.2) is 37.3 Å². The van der Waals surface area contributed by atoms with E-state index in [1.165, 1.54) is 13.2 Å². The topological polar surface area (TPSA) is 90.0 Å². The van der Waals surface area contributed by atoms with Crippen LogP contribution < -0.4 is 9.64 Å². The highest BCUT2D eigenvalue weighted by atomic mass is 16.5. The second-order valence-electron chi connectivity index (χ2n) is 8.26. The Morgan fingerprint density at radius 1 is 0.969 bits per heavy atom. The summed E-state index contributed by atoms with van der Waals surface area (Å²) in [6.45, 7) is -0.471. The van der Waals surface area contributed by atoms with Crippen LogP contribution in [0.25, 0.3) is 0 Å². The molecule has 4 unspecified atom stereocenters. The molecular weight excluding hydrogens is 410 g/mol. The first-order chi connectivity index (χ1) is 15.5. The molecule has 0 N–H and O–H groups in total. The Morgan fingerprint density at radius 2 is 1.66 bits per heavy atom. The van der Waals surface area contributed by atoms with E-state index < -0.39 is 12.6 Å². The average Bonchev–Trinajstić information content (AvgIpc) is 3.51. The lowest BCUT2D eigenvalue weighted by molar-refractivity contribution is -0.123. The van der Waals surface area contributed by atoms with Crippen molar-refractivity contribution in [3.05, 3.63) is 71.8 Å². The van der Waals surface area contributed by atoms with Crippen LogP contribution in [0.1, 0.15) is 27.1 Å². The molecule has 2 aliphatic carbocycles. The van der Waals surface area contributed by atoms with Crippen LogP contribution in [0.2, 0.25) is 0 Å². The minimum atomic E-state index is -0.768. The molecule has 2 bridgehead atoms. The van der Waals surface area contributed by atoms with Crippen molar-refractivity contribution in [1.29, 1.82) is 0 Å². The average molecular weight is 431 g/mol. The largest absolute Gasteiger partial charge is 0.497 e. The fourth-order valence-corrected chi connectivity index (χ4v) is 5.07. The van der Waals surface area contributed by atoms with Crippen molar-refractivity contribution in [3.8, 4) is 5.75 Å². The van der Waals surface area contributed by atoms with Gasteiger partial charge in [-0.25, -0.2) is 9.69 Å². The van der Waals surface area contributed by atoms with E-state index in [1.54, 1.807) is 42.5 Å². The lowest BCUT2D eigenvalue weighted by atomic mass is 9.85. The molecule has 2 fully saturated rings. The molecule has 5 rings (SSSR count). The van der Waals surface area contributed by atoms with Gasteiger partial charge in [0.2, 0.25) is 11.8 Å². The number of amides is 2. The zero-order chi connectivity index (χ0) is 22.4. The van der Waals surface area contributed by atoms with Gasteiger partial charge in [0, 0.05) is 5.56 Å². The van der Waals surface area contributed by atoms with Crippen LogP contribution in [0, 0.1) is 23.7 Å². The number of methoxy groups -OCH3 is 1.